The van der Waals surface area contributed by atoms with Crippen LogP contribution in [0.2, 0.25) is 0 Å². The summed E-state index contributed by atoms with van der Waals surface area (Å²) in [6.07, 6.45) is 0.0518. The second-order valence-electron chi connectivity index (χ2n) is 4.74. The van der Waals surface area contributed by atoms with E-state index in [4.69, 9.17) is 5.11 Å². The second kappa shape index (κ2) is 6.76. The molecule has 1 aliphatic heterocycles. The van der Waals surface area contributed by atoms with Gasteiger partial charge in [-0.1, -0.05) is 12.1 Å². The first-order chi connectivity index (χ1) is 9.58. The highest BCUT2D eigenvalue weighted by Crippen LogP contribution is 2.34. The van der Waals surface area contributed by atoms with Crippen LogP contribution in [0.5, 0.6) is 0 Å². The number of carboxylic acids is 1. The topological polar surface area (TPSA) is 60.9 Å². The SMILES string of the molecule is CN(CCC(=O)O)CC(=O)N1CCSc2ccccc21. The normalized spacial score (nSPS) is 14.2. The molecule has 108 valence electrons. The molecule has 0 atom stereocenters. The van der Waals surface area contributed by atoms with E-state index in [1.807, 2.05) is 24.3 Å². The fraction of sp³-hybridized carbons (Fsp3) is 0.429. The number of rotatable bonds is 5. The fourth-order valence-electron chi connectivity index (χ4n) is 2.11. The van der Waals surface area contributed by atoms with Crippen molar-refractivity contribution in [1.29, 1.82) is 0 Å². The predicted molar refractivity (Wildman–Crippen MR) is 79.3 cm³/mol. The number of thioether (sulfide) groups is 1. The molecule has 1 aromatic carbocycles. The maximum absolute atomic E-state index is 12.3. The van der Waals surface area contributed by atoms with Gasteiger partial charge in [-0.3, -0.25) is 14.5 Å². The summed E-state index contributed by atoms with van der Waals surface area (Å²) < 4.78 is 0. The molecular weight excluding hydrogens is 276 g/mol. The number of hydrogen-bond donors (Lipinski definition) is 1. The average Bonchev–Trinajstić information content (AvgIpc) is 2.44. The zero-order chi connectivity index (χ0) is 14.5. The van der Waals surface area contributed by atoms with E-state index in [0.29, 0.717) is 13.1 Å². The molecule has 0 unspecified atom stereocenters. The standard InChI is InChI=1S/C14H18N2O3S/c1-15(7-6-14(18)19)10-13(17)16-8-9-20-12-5-3-2-4-11(12)16/h2-5H,6-10H2,1H3,(H,18,19). The molecule has 5 nitrogen and oxygen atoms in total. The third kappa shape index (κ3) is 3.74. The van der Waals surface area contributed by atoms with E-state index in [1.165, 1.54) is 0 Å². The summed E-state index contributed by atoms with van der Waals surface area (Å²) in [5.74, 6) is 0.0661. The van der Waals surface area contributed by atoms with Gasteiger partial charge in [0.15, 0.2) is 0 Å². The average molecular weight is 294 g/mol. The van der Waals surface area contributed by atoms with Gasteiger partial charge < -0.3 is 10.0 Å². The lowest BCUT2D eigenvalue weighted by Crippen LogP contribution is -2.42. The van der Waals surface area contributed by atoms with Gasteiger partial charge in [-0.25, -0.2) is 0 Å². The van der Waals surface area contributed by atoms with Gasteiger partial charge in [0, 0.05) is 23.7 Å². The number of likely N-dealkylation sites (N-methyl/N-ethyl adjacent to an activating group) is 1. The Morgan fingerprint density at radius 2 is 2.15 bits per heavy atom. The quantitative estimate of drug-likeness (QED) is 0.892. The molecule has 0 spiro atoms. The van der Waals surface area contributed by atoms with E-state index in [9.17, 15) is 9.59 Å². The molecule has 20 heavy (non-hydrogen) atoms. The van der Waals surface area contributed by atoms with Crippen LogP contribution < -0.4 is 4.90 Å². The summed E-state index contributed by atoms with van der Waals surface area (Å²) in [4.78, 5) is 27.5. The van der Waals surface area contributed by atoms with Crippen molar-refractivity contribution in [3.8, 4) is 0 Å². The van der Waals surface area contributed by atoms with E-state index in [0.717, 1.165) is 16.3 Å². The zero-order valence-electron chi connectivity index (χ0n) is 11.4. The Kier molecular flexibility index (Phi) is 5.03. The molecule has 1 aliphatic rings. The highest BCUT2D eigenvalue weighted by atomic mass is 32.2. The Bertz CT molecular complexity index is 507. The van der Waals surface area contributed by atoms with Crippen molar-refractivity contribution in [2.24, 2.45) is 0 Å². The van der Waals surface area contributed by atoms with Gasteiger partial charge in [0.1, 0.15) is 0 Å². The first-order valence-corrected chi connectivity index (χ1v) is 7.49. The molecule has 0 saturated heterocycles. The van der Waals surface area contributed by atoms with E-state index < -0.39 is 5.97 Å². The van der Waals surface area contributed by atoms with Crippen molar-refractivity contribution in [1.82, 2.24) is 4.90 Å². The van der Waals surface area contributed by atoms with Gasteiger partial charge in [0.25, 0.3) is 0 Å². The Morgan fingerprint density at radius 1 is 1.40 bits per heavy atom. The number of anilines is 1. The Morgan fingerprint density at radius 3 is 2.90 bits per heavy atom. The van der Waals surface area contributed by atoms with Gasteiger partial charge in [-0.05, 0) is 19.2 Å². The van der Waals surface area contributed by atoms with Crippen LogP contribution in [-0.4, -0.2) is 54.3 Å². The Labute approximate surface area is 122 Å². The first-order valence-electron chi connectivity index (χ1n) is 6.50. The summed E-state index contributed by atoms with van der Waals surface area (Å²) >= 11 is 1.76. The first kappa shape index (κ1) is 14.9. The van der Waals surface area contributed by atoms with Crippen molar-refractivity contribution in [3.63, 3.8) is 0 Å². The summed E-state index contributed by atoms with van der Waals surface area (Å²) in [5.41, 5.74) is 0.959. The van der Waals surface area contributed by atoms with Gasteiger partial charge in [-0.2, -0.15) is 0 Å². The number of carbonyl (C=O) groups is 2. The molecule has 0 fully saturated rings. The van der Waals surface area contributed by atoms with Gasteiger partial charge in [0.05, 0.1) is 18.7 Å². The number of para-hydroxylation sites is 1. The number of amides is 1. The van der Waals surface area contributed by atoms with E-state index in [1.54, 1.807) is 28.6 Å². The van der Waals surface area contributed by atoms with Crippen LogP contribution in [0.4, 0.5) is 5.69 Å². The molecule has 0 bridgehead atoms. The number of fused-ring (bicyclic) bond motifs is 1. The molecule has 1 N–H and O–H groups in total. The van der Waals surface area contributed by atoms with Crippen LogP contribution in [0.1, 0.15) is 6.42 Å². The maximum atomic E-state index is 12.3. The van der Waals surface area contributed by atoms with E-state index in [-0.39, 0.29) is 18.9 Å². The molecule has 0 saturated carbocycles. The van der Waals surface area contributed by atoms with Crippen molar-refractivity contribution >= 4 is 29.3 Å². The highest BCUT2D eigenvalue weighted by Gasteiger charge is 2.23. The fourth-order valence-corrected chi connectivity index (χ4v) is 3.11. The third-order valence-corrected chi connectivity index (χ3v) is 4.19. The van der Waals surface area contributed by atoms with Gasteiger partial charge in [-0.15, -0.1) is 11.8 Å². The zero-order valence-corrected chi connectivity index (χ0v) is 12.2. The summed E-state index contributed by atoms with van der Waals surface area (Å²) in [5, 5.41) is 8.65. The van der Waals surface area contributed by atoms with Crippen LogP contribution in [0.25, 0.3) is 0 Å². The van der Waals surface area contributed by atoms with E-state index in [2.05, 4.69) is 0 Å². The lowest BCUT2D eigenvalue weighted by molar-refractivity contribution is -0.137. The number of carboxylic acid groups (broad SMARTS) is 1. The smallest absolute Gasteiger partial charge is 0.304 e. The summed E-state index contributed by atoms with van der Waals surface area (Å²) in [6, 6.07) is 7.88. The molecular formula is C14H18N2O3S. The molecule has 2 rings (SSSR count). The number of carbonyl (C=O) groups excluding carboxylic acids is 1. The minimum absolute atomic E-state index is 0.0191. The number of nitrogens with zero attached hydrogens (tertiary/aromatic N) is 2. The molecule has 0 aromatic heterocycles. The lowest BCUT2D eigenvalue weighted by atomic mass is 10.2. The Balaban J connectivity index is 1.98. The van der Waals surface area contributed by atoms with Crippen LogP contribution in [0.15, 0.2) is 29.2 Å². The molecule has 1 amide bonds. The van der Waals surface area contributed by atoms with Crippen molar-refractivity contribution in [3.05, 3.63) is 24.3 Å². The largest absolute Gasteiger partial charge is 0.481 e. The van der Waals surface area contributed by atoms with E-state index >= 15 is 0 Å². The number of aliphatic carboxylic acids is 1. The maximum Gasteiger partial charge on any atom is 0.304 e. The van der Waals surface area contributed by atoms with Gasteiger partial charge >= 0.3 is 5.97 Å². The minimum atomic E-state index is -0.844. The van der Waals surface area contributed by atoms with Crippen LogP contribution in [0.3, 0.4) is 0 Å². The van der Waals surface area contributed by atoms with Crippen molar-refractivity contribution in [2.75, 3.05) is 37.3 Å². The number of hydrogen-bond acceptors (Lipinski definition) is 4. The van der Waals surface area contributed by atoms with Crippen LogP contribution in [0, 0.1) is 0 Å². The van der Waals surface area contributed by atoms with Crippen LogP contribution in [-0.2, 0) is 9.59 Å². The van der Waals surface area contributed by atoms with Crippen LogP contribution >= 0.6 is 11.8 Å². The Hall–Kier alpha value is -1.53. The summed E-state index contributed by atoms with van der Waals surface area (Å²) in [6.45, 7) is 1.32. The molecule has 1 aromatic rings. The summed E-state index contributed by atoms with van der Waals surface area (Å²) in [7, 11) is 1.77. The second-order valence-corrected chi connectivity index (χ2v) is 5.88. The molecule has 0 radical (unpaired) electrons. The monoisotopic (exact) mass is 294 g/mol. The lowest BCUT2D eigenvalue weighted by Gasteiger charge is -2.30. The molecule has 1 heterocycles. The van der Waals surface area contributed by atoms with Gasteiger partial charge in [0.2, 0.25) is 5.91 Å². The minimum Gasteiger partial charge on any atom is -0.481 e. The highest BCUT2D eigenvalue weighted by molar-refractivity contribution is 7.99. The predicted octanol–water partition coefficient (Wildman–Crippen LogP) is 1.53. The molecule has 0 aliphatic carbocycles. The molecule has 6 heteroatoms. The van der Waals surface area contributed by atoms with Crippen molar-refractivity contribution in [2.45, 2.75) is 11.3 Å². The third-order valence-electron chi connectivity index (χ3n) is 3.14. The number of benzene rings is 1. The van der Waals surface area contributed by atoms with Crippen molar-refractivity contribution < 1.29 is 14.7 Å².